The van der Waals surface area contributed by atoms with Crippen LogP contribution < -0.4 is 0 Å². The molecule has 0 aliphatic carbocycles. The largest absolute Gasteiger partial charge is 0.305 e. The van der Waals surface area contributed by atoms with Gasteiger partial charge in [-0.1, -0.05) is 30.3 Å². The molecule has 2 saturated heterocycles. The van der Waals surface area contributed by atoms with E-state index in [4.69, 9.17) is 0 Å². The van der Waals surface area contributed by atoms with Crippen molar-refractivity contribution in [2.75, 3.05) is 40.0 Å². The number of nitrogens with zero attached hydrogens (tertiary/aromatic N) is 3. The molecule has 0 N–H and O–H groups in total. The molecule has 3 atom stereocenters. The summed E-state index contributed by atoms with van der Waals surface area (Å²) in [5.74, 6) is -0.0526. The second kappa shape index (κ2) is 6.62. The first-order valence-electron chi connectivity index (χ1n) is 8.26. The fourth-order valence-electron chi connectivity index (χ4n) is 3.84. The molecule has 0 bridgehead atoms. The van der Waals surface area contributed by atoms with E-state index in [9.17, 15) is 16.8 Å². The molecule has 3 rings (SSSR count). The lowest BCUT2D eigenvalue weighted by Gasteiger charge is -2.27. The SMILES string of the molecule is CN(C)[C@H]1CS(=O)(=O)[C@H]2CN(S(=O)(=O)N(C)Cc3ccccc3)C[C@@H]12. The normalized spacial score (nSPS) is 29.4. The van der Waals surface area contributed by atoms with Crippen molar-refractivity contribution in [2.24, 2.45) is 5.92 Å². The summed E-state index contributed by atoms with van der Waals surface area (Å²) in [5, 5.41) is -0.597. The number of sulfone groups is 1. The third-order valence-electron chi connectivity index (χ3n) is 5.27. The minimum atomic E-state index is -3.69. The van der Waals surface area contributed by atoms with E-state index in [1.165, 1.54) is 15.7 Å². The van der Waals surface area contributed by atoms with Gasteiger partial charge in [0.2, 0.25) is 0 Å². The third kappa shape index (κ3) is 3.48. The lowest BCUT2D eigenvalue weighted by Crippen LogP contribution is -2.43. The third-order valence-corrected chi connectivity index (χ3v) is 9.36. The Kier molecular flexibility index (Phi) is 4.97. The molecule has 0 aromatic heterocycles. The van der Waals surface area contributed by atoms with Gasteiger partial charge in [0.15, 0.2) is 9.84 Å². The molecule has 9 heteroatoms. The van der Waals surface area contributed by atoms with Crippen molar-refractivity contribution in [2.45, 2.75) is 17.8 Å². The molecule has 0 unspecified atom stereocenters. The van der Waals surface area contributed by atoms with Crippen LogP contribution >= 0.6 is 0 Å². The molecule has 1 aromatic rings. The van der Waals surface area contributed by atoms with Crippen molar-refractivity contribution < 1.29 is 16.8 Å². The topological polar surface area (TPSA) is 78.0 Å². The number of hydrogen-bond donors (Lipinski definition) is 0. The van der Waals surface area contributed by atoms with Gasteiger partial charge in [0, 0.05) is 38.6 Å². The summed E-state index contributed by atoms with van der Waals surface area (Å²) in [6, 6.07) is 9.23. The number of fused-ring (bicyclic) bond motifs is 1. The summed E-state index contributed by atoms with van der Waals surface area (Å²) >= 11 is 0. The van der Waals surface area contributed by atoms with Crippen molar-refractivity contribution >= 4 is 20.0 Å². The van der Waals surface area contributed by atoms with Gasteiger partial charge in [-0.05, 0) is 19.7 Å². The van der Waals surface area contributed by atoms with Gasteiger partial charge in [0.05, 0.1) is 11.0 Å². The molecule has 0 amide bonds. The number of benzene rings is 1. The smallest absolute Gasteiger partial charge is 0.282 e. The zero-order chi connectivity index (χ0) is 18.4. The fraction of sp³-hybridized carbons (Fsp3) is 0.625. The van der Waals surface area contributed by atoms with E-state index in [2.05, 4.69) is 0 Å². The maximum absolute atomic E-state index is 12.9. The van der Waals surface area contributed by atoms with E-state index >= 15 is 0 Å². The van der Waals surface area contributed by atoms with Gasteiger partial charge in [-0.2, -0.15) is 17.0 Å². The van der Waals surface area contributed by atoms with Crippen molar-refractivity contribution in [3.8, 4) is 0 Å². The van der Waals surface area contributed by atoms with Gasteiger partial charge in [-0.3, -0.25) is 0 Å². The van der Waals surface area contributed by atoms with Crippen LogP contribution in [-0.2, 0) is 26.6 Å². The molecule has 7 nitrogen and oxygen atoms in total. The first-order valence-corrected chi connectivity index (χ1v) is 11.4. The minimum Gasteiger partial charge on any atom is -0.305 e. The van der Waals surface area contributed by atoms with Crippen LogP contribution in [0, 0.1) is 5.92 Å². The zero-order valence-electron chi connectivity index (χ0n) is 14.7. The monoisotopic (exact) mass is 387 g/mol. The van der Waals surface area contributed by atoms with E-state index in [0.717, 1.165) is 5.56 Å². The van der Waals surface area contributed by atoms with Crippen LogP contribution in [0.15, 0.2) is 30.3 Å². The highest BCUT2D eigenvalue weighted by atomic mass is 32.2. The number of rotatable bonds is 5. The molecule has 2 aliphatic rings. The van der Waals surface area contributed by atoms with E-state index in [1.54, 1.807) is 0 Å². The Labute approximate surface area is 150 Å². The van der Waals surface area contributed by atoms with E-state index < -0.39 is 25.3 Å². The Morgan fingerprint density at radius 2 is 1.76 bits per heavy atom. The molecule has 0 radical (unpaired) electrons. The van der Waals surface area contributed by atoms with Gasteiger partial charge in [0.25, 0.3) is 10.2 Å². The Hall–Kier alpha value is -1.00. The van der Waals surface area contributed by atoms with Gasteiger partial charge >= 0.3 is 0 Å². The second-order valence-corrected chi connectivity index (χ2v) is 11.4. The summed E-state index contributed by atoms with van der Waals surface area (Å²) in [5.41, 5.74) is 0.895. The van der Waals surface area contributed by atoms with Gasteiger partial charge in [0.1, 0.15) is 0 Å². The van der Waals surface area contributed by atoms with Crippen molar-refractivity contribution in [1.29, 1.82) is 0 Å². The summed E-state index contributed by atoms with van der Waals surface area (Å²) in [6.07, 6.45) is 0. The molecular weight excluding hydrogens is 362 g/mol. The lowest BCUT2D eigenvalue weighted by molar-refractivity contribution is 0.248. The predicted octanol–water partition coefficient (Wildman–Crippen LogP) is 0.0222. The summed E-state index contributed by atoms with van der Waals surface area (Å²) < 4.78 is 53.3. The molecule has 2 heterocycles. The Balaban J connectivity index is 1.78. The molecule has 0 spiro atoms. The average molecular weight is 388 g/mol. The van der Waals surface area contributed by atoms with E-state index in [1.807, 2.05) is 49.3 Å². The Morgan fingerprint density at radius 1 is 1.12 bits per heavy atom. The highest BCUT2D eigenvalue weighted by Crippen LogP contribution is 2.37. The van der Waals surface area contributed by atoms with Crippen molar-refractivity contribution in [1.82, 2.24) is 13.5 Å². The van der Waals surface area contributed by atoms with Gasteiger partial charge < -0.3 is 4.90 Å². The van der Waals surface area contributed by atoms with Gasteiger partial charge in [-0.25, -0.2) is 8.42 Å². The molecule has 1 aromatic carbocycles. The molecule has 0 saturated carbocycles. The molecule has 25 heavy (non-hydrogen) atoms. The second-order valence-electron chi connectivity index (χ2n) is 7.13. The number of hydrogen-bond acceptors (Lipinski definition) is 5. The lowest BCUT2D eigenvalue weighted by atomic mass is 10.00. The molecule has 140 valence electrons. The quantitative estimate of drug-likeness (QED) is 0.712. The summed E-state index contributed by atoms with van der Waals surface area (Å²) in [4.78, 5) is 1.89. The van der Waals surface area contributed by atoms with Crippen LogP contribution in [0.3, 0.4) is 0 Å². The van der Waals surface area contributed by atoms with E-state index in [-0.39, 0.29) is 37.3 Å². The standard InChI is InChI=1S/C16H25N3O4S2/c1-17(2)15-12-24(20,21)16-11-19(10-14(15)16)25(22,23)18(3)9-13-7-5-4-6-8-13/h4-8,14-16H,9-12H2,1-3H3/t14-,15-,16-/m0/s1. The maximum Gasteiger partial charge on any atom is 0.282 e. The van der Waals surface area contributed by atoms with Crippen molar-refractivity contribution in [3.05, 3.63) is 35.9 Å². The van der Waals surface area contributed by atoms with Crippen LogP contribution in [0.25, 0.3) is 0 Å². The minimum absolute atomic E-state index is 0.0544. The van der Waals surface area contributed by atoms with Crippen molar-refractivity contribution in [3.63, 3.8) is 0 Å². The molecule has 2 fully saturated rings. The first kappa shape index (κ1) is 18.8. The highest BCUT2D eigenvalue weighted by molar-refractivity contribution is 7.92. The highest BCUT2D eigenvalue weighted by Gasteiger charge is 2.55. The summed E-state index contributed by atoms with van der Waals surface area (Å²) in [6.45, 7) is 0.575. The first-order chi connectivity index (χ1) is 11.6. The molecule has 2 aliphatic heterocycles. The predicted molar refractivity (Wildman–Crippen MR) is 96.9 cm³/mol. The summed E-state index contributed by atoms with van der Waals surface area (Å²) in [7, 11) is -1.72. The average Bonchev–Trinajstić information content (AvgIpc) is 3.08. The Morgan fingerprint density at radius 3 is 2.36 bits per heavy atom. The van der Waals surface area contributed by atoms with Crippen LogP contribution in [-0.4, -0.2) is 81.6 Å². The van der Waals surface area contributed by atoms with Crippen LogP contribution in [0.1, 0.15) is 5.56 Å². The van der Waals surface area contributed by atoms with E-state index in [0.29, 0.717) is 0 Å². The fourth-order valence-corrected chi connectivity index (χ4v) is 7.82. The zero-order valence-corrected chi connectivity index (χ0v) is 16.4. The molecular formula is C16H25N3O4S2. The van der Waals surface area contributed by atoms with Crippen LogP contribution in [0.2, 0.25) is 0 Å². The Bertz CT molecular complexity index is 824. The van der Waals surface area contributed by atoms with Crippen LogP contribution in [0.4, 0.5) is 0 Å². The maximum atomic E-state index is 12.9. The van der Waals surface area contributed by atoms with Crippen LogP contribution in [0.5, 0.6) is 0 Å². The van der Waals surface area contributed by atoms with Gasteiger partial charge in [-0.15, -0.1) is 0 Å².